The second-order valence-corrected chi connectivity index (χ2v) is 5.56. The van der Waals surface area contributed by atoms with Gasteiger partial charge in [0.2, 0.25) is 0 Å². The average Bonchev–Trinajstić information content (AvgIpc) is 2.36. The molecule has 0 bridgehead atoms. The maximum Gasteiger partial charge on any atom is 0.148 e. The quantitative estimate of drug-likeness (QED) is 0.822. The fourth-order valence-corrected chi connectivity index (χ4v) is 2.23. The van der Waals surface area contributed by atoms with Crippen LogP contribution in [0.25, 0.3) is 0 Å². The molecule has 2 rings (SSSR count). The lowest BCUT2D eigenvalue weighted by Gasteiger charge is -2.10. The van der Waals surface area contributed by atoms with Crippen molar-refractivity contribution in [3.63, 3.8) is 0 Å². The molecular formula is C12H10BrClN4S. The van der Waals surface area contributed by atoms with E-state index in [9.17, 15) is 0 Å². The smallest absolute Gasteiger partial charge is 0.148 e. The summed E-state index contributed by atoms with van der Waals surface area (Å²) >= 11 is 14.4. The first-order valence-electron chi connectivity index (χ1n) is 5.32. The van der Waals surface area contributed by atoms with E-state index in [1.807, 2.05) is 19.1 Å². The fraction of sp³-hybridized carbons (Fsp3) is 0.0833. The van der Waals surface area contributed by atoms with E-state index >= 15 is 0 Å². The van der Waals surface area contributed by atoms with E-state index in [0.29, 0.717) is 16.5 Å². The van der Waals surface area contributed by atoms with Gasteiger partial charge in [-0.3, -0.25) is 0 Å². The topological polar surface area (TPSA) is 63.8 Å². The zero-order valence-corrected chi connectivity index (χ0v) is 13.1. The van der Waals surface area contributed by atoms with Gasteiger partial charge in [0.25, 0.3) is 0 Å². The number of nitrogens with one attached hydrogen (secondary N) is 1. The number of aryl methyl sites for hydroxylation is 1. The molecule has 0 amide bonds. The summed E-state index contributed by atoms with van der Waals surface area (Å²) < 4.78 is 0.898. The monoisotopic (exact) mass is 356 g/mol. The lowest BCUT2D eigenvalue weighted by Crippen LogP contribution is -2.12. The van der Waals surface area contributed by atoms with Crippen molar-refractivity contribution in [3.05, 3.63) is 45.3 Å². The van der Waals surface area contributed by atoms with Gasteiger partial charge in [-0.2, -0.15) is 0 Å². The molecule has 98 valence electrons. The molecule has 0 saturated carbocycles. The molecule has 2 aromatic rings. The Bertz CT molecular complexity index is 630. The zero-order valence-electron chi connectivity index (χ0n) is 9.95. The van der Waals surface area contributed by atoms with E-state index in [1.54, 1.807) is 6.20 Å². The van der Waals surface area contributed by atoms with Gasteiger partial charge in [0.05, 0.1) is 18.1 Å². The van der Waals surface area contributed by atoms with Crippen LogP contribution in [0.2, 0.25) is 5.02 Å². The molecule has 0 aliphatic carbocycles. The lowest BCUT2D eigenvalue weighted by molar-refractivity contribution is 1.18. The second kappa shape index (κ2) is 5.81. The number of aromatic nitrogens is 2. The van der Waals surface area contributed by atoms with Gasteiger partial charge in [-0.25, -0.2) is 9.97 Å². The summed E-state index contributed by atoms with van der Waals surface area (Å²) in [6.45, 7) is 1.94. The van der Waals surface area contributed by atoms with Crippen molar-refractivity contribution >= 4 is 56.2 Å². The van der Waals surface area contributed by atoms with Gasteiger partial charge >= 0.3 is 0 Å². The maximum absolute atomic E-state index is 6.09. The fourth-order valence-electron chi connectivity index (χ4n) is 1.40. The highest BCUT2D eigenvalue weighted by Crippen LogP contribution is 2.30. The number of nitrogens with zero attached hydrogens (tertiary/aromatic N) is 2. The van der Waals surface area contributed by atoms with E-state index in [-0.39, 0.29) is 4.99 Å². The Labute approximate surface area is 129 Å². The number of thiocarbonyl (C=S) groups is 1. The minimum absolute atomic E-state index is 0.221. The number of halogens is 2. The Balaban J connectivity index is 2.26. The minimum atomic E-state index is 0.221. The van der Waals surface area contributed by atoms with Gasteiger partial charge in [-0.05, 0) is 40.5 Å². The molecule has 4 nitrogen and oxygen atoms in total. The van der Waals surface area contributed by atoms with Crippen molar-refractivity contribution in [2.45, 2.75) is 6.92 Å². The van der Waals surface area contributed by atoms with Gasteiger partial charge < -0.3 is 11.1 Å². The third kappa shape index (κ3) is 3.40. The Kier molecular flexibility index (Phi) is 4.34. The van der Waals surface area contributed by atoms with Crippen LogP contribution in [0.3, 0.4) is 0 Å². The van der Waals surface area contributed by atoms with Crippen molar-refractivity contribution in [1.29, 1.82) is 0 Å². The molecule has 0 spiro atoms. The third-order valence-corrected chi connectivity index (χ3v) is 3.69. The standard InChI is InChI=1S/C12H10BrClN4S/c1-6-2-7(13)9(3-8(6)14)18-11-5-16-10(4-17-11)12(15)19/h2-5H,1H3,(H2,15,19)(H,17,18). The van der Waals surface area contributed by atoms with Crippen molar-refractivity contribution < 1.29 is 0 Å². The van der Waals surface area contributed by atoms with Crippen molar-refractivity contribution in [3.8, 4) is 0 Å². The van der Waals surface area contributed by atoms with E-state index in [2.05, 4.69) is 31.2 Å². The van der Waals surface area contributed by atoms with Gasteiger partial charge in [0.15, 0.2) is 0 Å². The summed E-state index contributed by atoms with van der Waals surface area (Å²) in [5.41, 5.74) is 7.76. The molecule has 7 heteroatoms. The number of benzene rings is 1. The summed E-state index contributed by atoms with van der Waals surface area (Å²) in [6, 6.07) is 3.76. The Morgan fingerprint density at radius 3 is 2.68 bits per heavy atom. The zero-order chi connectivity index (χ0) is 14.0. The molecular weight excluding hydrogens is 348 g/mol. The summed E-state index contributed by atoms with van der Waals surface area (Å²) in [6.07, 6.45) is 3.09. The van der Waals surface area contributed by atoms with Crippen LogP contribution in [0.5, 0.6) is 0 Å². The number of hydrogen-bond acceptors (Lipinski definition) is 4. The van der Waals surface area contributed by atoms with Crippen LogP contribution < -0.4 is 11.1 Å². The number of rotatable bonds is 3. The van der Waals surface area contributed by atoms with Crippen LogP contribution in [0, 0.1) is 6.92 Å². The number of anilines is 2. The predicted molar refractivity (Wildman–Crippen MR) is 85.1 cm³/mol. The molecule has 1 aromatic heterocycles. The van der Waals surface area contributed by atoms with Crippen LogP contribution in [0.4, 0.5) is 11.5 Å². The van der Waals surface area contributed by atoms with Crippen molar-refractivity contribution in [2.24, 2.45) is 5.73 Å². The summed E-state index contributed by atoms with van der Waals surface area (Å²) in [5, 5.41) is 3.80. The molecule has 0 fully saturated rings. The Morgan fingerprint density at radius 2 is 2.11 bits per heavy atom. The van der Waals surface area contributed by atoms with Gasteiger partial charge in [-0.1, -0.05) is 23.8 Å². The number of nitrogens with two attached hydrogens (primary N) is 1. The largest absolute Gasteiger partial charge is 0.388 e. The number of hydrogen-bond donors (Lipinski definition) is 2. The molecule has 0 aliphatic heterocycles. The Hall–Kier alpha value is -1.24. The predicted octanol–water partition coefficient (Wildman–Crippen LogP) is 3.58. The summed E-state index contributed by atoms with van der Waals surface area (Å²) in [7, 11) is 0. The normalized spacial score (nSPS) is 10.3. The van der Waals surface area contributed by atoms with Gasteiger partial charge in [0.1, 0.15) is 16.5 Å². The van der Waals surface area contributed by atoms with E-state index in [0.717, 1.165) is 15.7 Å². The van der Waals surface area contributed by atoms with Crippen molar-refractivity contribution in [1.82, 2.24) is 9.97 Å². The summed E-state index contributed by atoms with van der Waals surface area (Å²) in [5.74, 6) is 0.584. The third-order valence-electron chi connectivity index (χ3n) is 2.42. The lowest BCUT2D eigenvalue weighted by atomic mass is 10.2. The highest BCUT2D eigenvalue weighted by Gasteiger charge is 2.06. The first-order chi connectivity index (χ1) is 8.97. The highest BCUT2D eigenvalue weighted by atomic mass is 79.9. The van der Waals surface area contributed by atoms with E-state index in [1.165, 1.54) is 6.20 Å². The van der Waals surface area contributed by atoms with E-state index < -0.39 is 0 Å². The molecule has 0 aliphatic rings. The van der Waals surface area contributed by atoms with Crippen LogP contribution in [-0.4, -0.2) is 15.0 Å². The Morgan fingerprint density at radius 1 is 1.37 bits per heavy atom. The molecule has 0 radical (unpaired) electrons. The van der Waals surface area contributed by atoms with E-state index in [4.69, 9.17) is 29.6 Å². The maximum atomic E-state index is 6.09. The van der Waals surface area contributed by atoms with Crippen LogP contribution in [0.1, 0.15) is 11.3 Å². The first kappa shape index (κ1) is 14.2. The molecule has 19 heavy (non-hydrogen) atoms. The van der Waals surface area contributed by atoms with Gasteiger partial charge in [0, 0.05) is 9.50 Å². The average molecular weight is 358 g/mol. The summed E-state index contributed by atoms with van der Waals surface area (Å²) in [4.78, 5) is 8.51. The molecule has 0 atom stereocenters. The van der Waals surface area contributed by atoms with Crippen LogP contribution >= 0.6 is 39.7 Å². The van der Waals surface area contributed by atoms with Gasteiger partial charge in [-0.15, -0.1) is 0 Å². The van der Waals surface area contributed by atoms with Crippen LogP contribution in [-0.2, 0) is 0 Å². The van der Waals surface area contributed by atoms with Crippen molar-refractivity contribution in [2.75, 3.05) is 5.32 Å². The molecule has 0 unspecified atom stereocenters. The van der Waals surface area contributed by atoms with Crippen LogP contribution in [0.15, 0.2) is 29.0 Å². The first-order valence-corrected chi connectivity index (χ1v) is 6.90. The molecule has 0 saturated heterocycles. The molecule has 1 heterocycles. The minimum Gasteiger partial charge on any atom is -0.388 e. The molecule has 3 N–H and O–H groups in total. The molecule has 1 aromatic carbocycles. The SMILES string of the molecule is Cc1cc(Br)c(Nc2cnc(C(N)=S)cn2)cc1Cl. The highest BCUT2D eigenvalue weighted by molar-refractivity contribution is 9.10. The second-order valence-electron chi connectivity index (χ2n) is 3.86.